The van der Waals surface area contributed by atoms with Crippen LogP contribution in [0, 0.1) is 13.8 Å². The molecule has 7 heteroatoms. The Bertz CT molecular complexity index is 915. The van der Waals surface area contributed by atoms with Crippen LogP contribution in [0.4, 0.5) is 5.69 Å². The lowest BCUT2D eigenvalue weighted by Gasteiger charge is -2.16. The molecule has 1 fully saturated rings. The summed E-state index contributed by atoms with van der Waals surface area (Å²) in [5.41, 5.74) is 3.90. The van der Waals surface area contributed by atoms with Crippen LogP contribution in [0.3, 0.4) is 0 Å². The third-order valence-electron chi connectivity index (χ3n) is 5.18. The highest BCUT2D eigenvalue weighted by atomic mass is 16.5. The molecule has 0 bridgehead atoms. The van der Waals surface area contributed by atoms with Crippen LogP contribution in [0.1, 0.15) is 47.1 Å². The Hall–Kier alpha value is -3.09. The highest BCUT2D eigenvalue weighted by Crippen LogP contribution is 2.21. The summed E-state index contributed by atoms with van der Waals surface area (Å²) in [6.45, 7) is 7.05. The van der Waals surface area contributed by atoms with E-state index in [0.717, 1.165) is 35.6 Å². The summed E-state index contributed by atoms with van der Waals surface area (Å²) in [5, 5.41) is 2.91. The van der Waals surface area contributed by atoms with Gasteiger partial charge in [0.05, 0.1) is 12.2 Å². The zero-order valence-electron chi connectivity index (χ0n) is 17.2. The highest BCUT2D eigenvalue weighted by Gasteiger charge is 2.21. The van der Waals surface area contributed by atoms with Crippen LogP contribution in [0.25, 0.3) is 0 Å². The standard InChI is InChI=1S/C22H27N3O4/c1-4-29-22(28)19-12-15(2)25(16(19)3)14-20(26)23-13-17-7-9-18(10-8-17)24-11-5-6-21(24)27/h7-10,12H,4-6,11,13-14H2,1-3H3,(H,23,26). The first kappa shape index (κ1) is 20.6. The van der Waals surface area contributed by atoms with E-state index in [0.29, 0.717) is 25.1 Å². The van der Waals surface area contributed by atoms with Crippen LogP contribution >= 0.6 is 0 Å². The predicted molar refractivity (Wildman–Crippen MR) is 110 cm³/mol. The molecule has 2 aromatic rings. The molecule has 3 rings (SSSR count). The molecule has 1 saturated heterocycles. The van der Waals surface area contributed by atoms with Gasteiger partial charge in [0.2, 0.25) is 11.8 Å². The Morgan fingerprint density at radius 2 is 1.90 bits per heavy atom. The van der Waals surface area contributed by atoms with Crippen LogP contribution in [0.5, 0.6) is 0 Å². The number of benzene rings is 1. The van der Waals surface area contributed by atoms with Gasteiger partial charge in [0.1, 0.15) is 6.54 Å². The zero-order chi connectivity index (χ0) is 21.0. The van der Waals surface area contributed by atoms with E-state index in [1.807, 2.05) is 42.7 Å². The first-order valence-corrected chi connectivity index (χ1v) is 9.90. The lowest BCUT2D eigenvalue weighted by molar-refractivity contribution is -0.122. The summed E-state index contributed by atoms with van der Waals surface area (Å²) in [7, 11) is 0. The summed E-state index contributed by atoms with van der Waals surface area (Å²) in [6.07, 6.45) is 1.50. The van der Waals surface area contributed by atoms with Gasteiger partial charge in [-0.3, -0.25) is 9.59 Å². The number of carbonyl (C=O) groups excluding carboxylic acids is 3. The van der Waals surface area contributed by atoms with E-state index >= 15 is 0 Å². The summed E-state index contributed by atoms with van der Waals surface area (Å²) in [6, 6.07) is 9.42. The third-order valence-corrected chi connectivity index (χ3v) is 5.18. The number of amides is 2. The molecule has 7 nitrogen and oxygen atoms in total. The first-order chi connectivity index (χ1) is 13.9. The Labute approximate surface area is 170 Å². The molecule has 0 aliphatic carbocycles. The Kier molecular flexibility index (Phi) is 6.36. The minimum Gasteiger partial charge on any atom is -0.462 e. The zero-order valence-corrected chi connectivity index (χ0v) is 17.2. The summed E-state index contributed by atoms with van der Waals surface area (Å²) in [5.74, 6) is -0.351. The van der Waals surface area contributed by atoms with Gasteiger partial charge in [-0.1, -0.05) is 12.1 Å². The Morgan fingerprint density at radius 1 is 1.17 bits per heavy atom. The fourth-order valence-corrected chi connectivity index (χ4v) is 3.57. The van der Waals surface area contributed by atoms with Crippen molar-refractivity contribution in [1.82, 2.24) is 9.88 Å². The minimum atomic E-state index is -0.371. The maximum absolute atomic E-state index is 12.4. The van der Waals surface area contributed by atoms with E-state index in [1.54, 1.807) is 17.9 Å². The topological polar surface area (TPSA) is 80.6 Å². The van der Waals surface area contributed by atoms with E-state index in [1.165, 1.54) is 0 Å². The quantitative estimate of drug-likeness (QED) is 0.729. The monoisotopic (exact) mass is 397 g/mol. The molecule has 0 spiro atoms. The molecule has 0 saturated carbocycles. The summed E-state index contributed by atoms with van der Waals surface area (Å²) >= 11 is 0. The maximum atomic E-state index is 12.4. The maximum Gasteiger partial charge on any atom is 0.339 e. The summed E-state index contributed by atoms with van der Waals surface area (Å²) in [4.78, 5) is 38.0. The molecule has 1 N–H and O–H groups in total. The van der Waals surface area contributed by atoms with Gasteiger partial charge in [0.15, 0.2) is 0 Å². The number of carbonyl (C=O) groups is 3. The van der Waals surface area contributed by atoms with Gasteiger partial charge in [0.25, 0.3) is 0 Å². The average molecular weight is 397 g/mol. The smallest absolute Gasteiger partial charge is 0.339 e. The van der Waals surface area contributed by atoms with Crippen molar-refractivity contribution in [1.29, 1.82) is 0 Å². The normalized spacial score (nSPS) is 13.6. The number of esters is 1. The van der Waals surface area contributed by atoms with Crippen LogP contribution in [-0.4, -0.2) is 35.5 Å². The van der Waals surface area contributed by atoms with Crippen LogP contribution in [0.2, 0.25) is 0 Å². The number of hydrogen-bond donors (Lipinski definition) is 1. The van der Waals surface area contributed by atoms with E-state index in [9.17, 15) is 14.4 Å². The fourth-order valence-electron chi connectivity index (χ4n) is 3.57. The largest absolute Gasteiger partial charge is 0.462 e. The number of nitrogens with zero attached hydrogens (tertiary/aromatic N) is 2. The van der Waals surface area contributed by atoms with Crippen molar-refractivity contribution >= 4 is 23.5 Å². The molecule has 0 radical (unpaired) electrons. The second-order valence-corrected chi connectivity index (χ2v) is 7.18. The van der Waals surface area contributed by atoms with Gasteiger partial charge in [-0.05, 0) is 51.0 Å². The average Bonchev–Trinajstić information content (AvgIpc) is 3.25. The van der Waals surface area contributed by atoms with Crippen molar-refractivity contribution in [2.75, 3.05) is 18.1 Å². The second kappa shape index (κ2) is 8.94. The van der Waals surface area contributed by atoms with Crippen LogP contribution < -0.4 is 10.2 Å². The molecule has 154 valence electrons. The molecule has 1 aromatic carbocycles. The number of ether oxygens (including phenoxy) is 1. The summed E-state index contributed by atoms with van der Waals surface area (Å²) < 4.78 is 6.87. The number of rotatable bonds is 7. The van der Waals surface area contributed by atoms with E-state index in [4.69, 9.17) is 4.74 Å². The Morgan fingerprint density at radius 3 is 2.52 bits per heavy atom. The molecule has 1 aromatic heterocycles. The third kappa shape index (κ3) is 4.67. The van der Waals surface area contributed by atoms with Gasteiger partial charge in [-0.2, -0.15) is 0 Å². The van der Waals surface area contributed by atoms with E-state index in [-0.39, 0.29) is 24.3 Å². The number of nitrogens with one attached hydrogen (secondary N) is 1. The number of aryl methyl sites for hydroxylation is 1. The molecular formula is C22H27N3O4. The fraction of sp³-hybridized carbons (Fsp3) is 0.409. The van der Waals surface area contributed by atoms with Crippen molar-refractivity contribution in [3.05, 3.63) is 52.8 Å². The Balaban J connectivity index is 1.58. The molecule has 1 aliphatic rings. The number of aromatic nitrogens is 1. The SMILES string of the molecule is CCOC(=O)c1cc(C)n(CC(=O)NCc2ccc(N3CCCC3=O)cc2)c1C. The molecule has 29 heavy (non-hydrogen) atoms. The van der Waals surface area contributed by atoms with Crippen molar-refractivity contribution < 1.29 is 19.1 Å². The van der Waals surface area contributed by atoms with Gasteiger partial charge < -0.3 is 19.5 Å². The molecule has 2 heterocycles. The molecule has 2 amide bonds. The van der Waals surface area contributed by atoms with Crippen molar-refractivity contribution in [3.8, 4) is 0 Å². The number of anilines is 1. The molecule has 0 unspecified atom stereocenters. The van der Waals surface area contributed by atoms with Gasteiger partial charge >= 0.3 is 5.97 Å². The lowest BCUT2D eigenvalue weighted by Crippen LogP contribution is -2.28. The molecule has 1 aliphatic heterocycles. The van der Waals surface area contributed by atoms with E-state index < -0.39 is 0 Å². The molecular weight excluding hydrogens is 370 g/mol. The molecule has 0 atom stereocenters. The first-order valence-electron chi connectivity index (χ1n) is 9.90. The van der Waals surface area contributed by atoms with Crippen molar-refractivity contribution in [2.24, 2.45) is 0 Å². The van der Waals surface area contributed by atoms with Gasteiger partial charge in [-0.15, -0.1) is 0 Å². The van der Waals surface area contributed by atoms with E-state index in [2.05, 4.69) is 5.32 Å². The van der Waals surface area contributed by atoms with Crippen LogP contribution in [0.15, 0.2) is 30.3 Å². The predicted octanol–water partition coefficient (Wildman–Crippen LogP) is 2.72. The van der Waals surface area contributed by atoms with Crippen LogP contribution in [-0.2, 0) is 27.4 Å². The minimum absolute atomic E-state index is 0.136. The van der Waals surface area contributed by atoms with Gasteiger partial charge in [0, 0.05) is 36.6 Å². The van der Waals surface area contributed by atoms with Crippen molar-refractivity contribution in [2.45, 2.75) is 46.7 Å². The van der Waals surface area contributed by atoms with Crippen molar-refractivity contribution in [3.63, 3.8) is 0 Å². The second-order valence-electron chi connectivity index (χ2n) is 7.18. The lowest BCUT2D eigenvalue weighted by atomic mass is 10.2. The highest BCUT2D eigenvalue weighted by molar-refractivity contribution is 5.95. The number of hydrogen-bond acceptors (Lipinski definition) is 4. The van der Waals surface area contributed by atoms with Gasteiger partial charge in [-0.25, -0.2) is 4.79 Å².